The van der Waals surface area contributed by atoms with Gasteiger partial charge >= 0.3 is 6.18 Å². The number of carbonyl (C=O) groups excluding carboxylic acids is 1. The molecule has 0 bridgehead atoms. The maximum Gasteiger partial charge on any atom is 0.416 e. The second-order valence-electron chi connectivity index (χ2n) is 6.74. The number of hydrogen-bond donors (Lipinski definition) is 1. The first-order chi connectivity index (χ1) is 14.4. The number of alkyl halides is 3. The maximum absolute atomic E-state index is 13.0. The minimum atomic E-state index is -4.53. The lowest BCUT2D eigenvalue weighted by molar-refractivity contribution is -0.137. The number of carbonyl (C=O) groups is 1. The molecule has 0 saturated heterocycles. The lowest BCUT2D eigenvalue weighted by Crippen LogP contribution is -2.15. The Morgan fingerprint density at radius 3 is 2.48 bits per heavy atom. The third-order valence-corrected chi connectivity index (χ3v) is 5.55. The first-order valence-corrected chi connectivity index (χ1v) is 10.7. The van der Waals surface area contributed by atoms with Gasteiger partial charge in [-0.15, -0.1) is 0 Å². The number of anilines is 1. The van der Waals surface area contributed by atoms with Crippen molar-refractivity contribution in [2.45, 2.75) is 18.0 Å². The molecule has 0 fully saturated rings. The van der Waals surface area contributed by atoms with E-state index in [4.69, 9.17) is 4.74 Å². The van der Waals surface area contributed by atoms with Crippen LogP contribution in [0.3, 0.4) is 0 Å². The number of nitrogens with zero attached hydrogens (tertiary/aromatic N) is 2. The van der Waals surface area contributed by atoms with Gasteiger partial charge in [-0.2, -0.15) is 18.3 Å². The van der Waals surface area contributed by atoms with E-state index in [1.165, 1.54) is 37.6 Å². The number of ether oxygens (including phenoxy) is 1. The van der Waals surface area contributed by atoms with Crippen LogP contribution in [0, 0.1) is 6.92 Å². The molecule has 0 saturated carbocycles. The zero-order valence-corrected chi connectivity index (χ0v) is 17.5. The summed E-state index contributed by atoms with van der Waals surface area (Å²) in [6.07, 6.45) is -2.21. The van der Waals surface area contributed by atoms with Gasteiger partial charge in [-0.25, -0.2) is 13.1 Å². The van der Waals surface area contributed by atoms with E-state index in [2.05, 4.69) is 10.4 Å². The number of aromatic nitrogens is 2. The van der Waals surface area contributed by atoms with E-state index in [0.717, 1.165) is 23.1 Å². The molecule has 0 atom stereocenters. The number of hydrogen-bond acceptors (Lipinski definition) is 5. The van der Waals surface area contributed by atoms with Crippen molar-refractivity contribution in [3.05, 3.63) is 65.5 Å². The van der Waals surface area contributed by atoms with Gasteiger partial charge in [0.2, 0.25) is 0 Å². The normalized spacial score (nSPS) is 11.9. The molecule has 0 aliphatic carbocycles. The van der Waals surface area contributed by atoms with Gasteiger partial charge in [-0.3, -0.25) is 4.79 Å². The Bertz CT molecular complexity index is 1250. The van der Waals surface area contributed by atoms with Crippen LogP contribution in [0.5, 0.6) is 5.75 Å². The van der Waals surface area contributed by atoms with Crippen LogP contribution in [-0.2, 0) is 16.0 Å². The van der Waals surface area contributed by atoms with Crippen LogP contribution < -0.4 is 10.1 Å². The molecule has 7 nitrogen and oxygen atoms in total. The molecule has 31 heavy (non-hydrogen) atoms. The highest BCUT2D eigenvalue weighted by Crippen LogP contribution is 2.31. The van der Waals surface area contributed by atoms with Crippen molar-refractivity contribution in [1.29, 1.82) is 0 Å². The molecule has 0 spiro atoms. The lowest BCUT2D eigenvalue weighted by Gasteiger charge is -2.10. The Labute approximate surface area is 176 Å². The van der Waals surface area contributed by atoms with E-state index >= 15 is 0 Å². The largest absolute Gasteiger partial charge is 0.493 e. The molecule has 1 heterocycles. The summed E-state index contributed by atoms with van der Waals surface area (Å²) in [5.74, 6) is -0.678. The minimum Gasteiger partial charge on any atom is -0.493 e. The number of benzene rings is 2. The average Bonchev–Trinajstić information content (AvgIpc) is 3.13. The van der Waals surface area contributed by atoms with E-state index in [1.807, 2.05) is 0 Å². The number of halogens is 3. The van der Waals surface area contributed by atoms with Gasteiger partial charge in [0.25, 0.3) is 5.91 Å². The molecule has 0 radical (unpaired) electrons. The third kappa shape index (κ3) is 4.88. The predicted molar refractivity (Wildman–Crippen MR) is 107 cm³/mol. The summed E-state index contributed by atoms with van der Waals surface area (Å²) in [5, 5.41) is 6.64. The van der Waals surface area contributed by atoms with Gasteiger partial charge in [-0.1, -0.05) is 12.1 Å². The van der Waals surface area contributed by atoms with Crippen LogP contribution in [0.25, 0.3) is 5.69 Å². The number of nitrogens with one attached hydrogen (secondary N) is 1. The Morgan fingerprint density at radius 2 is 1.87 bits per heavy atom. The van der Waals surface area contributed by atoms with Gasteiger partial charge in [0.15, 0.2) is 21.3 Å². The Morgan fingerprint density at radius 1 is 1.16 bits per heavy atom. The Kier molecular flexibility index (Phi) is 5.81. The predicted octanol–water partition coefficient (Wildman–Crippen LogP) is 3.86. The van der Waals surface area contributed by atoms with Gasteiger partial charge in [0.05, 0.1) is 29.5 Å². The third-order valence-electron chi connectivity index (χ3n) is 4.44. The zero-order chi connectivity index (χ0) is 23.0. The summed E-state index contributed by atoms with van der Waals surface area (Å²) < 4.78 is 68.8. The minimum absolute atomic E-state index is 0.0230. The fourth-order valence-corrected chi connectivity index (χ4v) is 3.42. The lowest BCUT2D eigenvalue weighted by atomic mass is 10.2. The molecule has 2 aromatic carbocycles. The van der Waals surface area contributed by atoms with Crippen LogP contribution >= 0.6 is 0 Å². The molecule has 3 aromatic rings. The molecular formula is C20H18F3N3O4S. The van der Waals surface area contributed by atoms with Crippen molar-refractivity contribution in [3.63, 3.8) is 0 Å². The van der Waals surface area contributed by atoms with Crippen molar-refractivity contribution >= 4 is 21.4 Å². The molecule has 164 valence electrons. The van der Waals surface area contributed by atoms with Gasteiger partial charge in [0.1, 0.15) is 0 Å². The average molecular weight is 453 g/mol. The van der Waals surface area contributed by atoms with E-state index in [-0.39, 0.29) is 27.7 Å². The summed E-state index contributed by atoms with van der Waals surface area (Å²) in [7, 11) is -2.20. The highest BCUT2D eigenvalue weighted by atomic mass is 32.2. The molecule has 11 heteroatoms. The highest BCUT2D eigenvalue weighted by Gasteiger charge is 2.31. The second kappa shape index (κ2) is 8.06. The summed E-state index contributed by atoms with van der Waals surface area (Å²) in [4.78, 5) is 12.8. The first-order valence-electron chi connectivity index (χ1n) is 8.83. The Hall–Kier alpha value is -3.34. The number of amides is 1. The van der Waals surface area contributed by atoms with Gasteiger partial charge in [-0.05, 0) is 42.8 Å². The molecule has 3 rings (SSSR count). The summed E-state index contributed by atoms with van der Waals surface area (Å²) >= 11 is 0. The fourth-order valence-electron chi connectivity index (χ4n) is 2.77. The highest BCUT2D eigenvalue weighted by molar-refractivity contribution is 7.90. The molecule has 0 unspecified atom stereocenters. The van der Waals surface area contributed by atoms with Crippen molar-refractivity contribution in [2.24, 2.45) is 0 Å². The molecule has 0 aliphatic heterocycles. The van der Waals surface area contributed by atoms with Crippen LogP contribution in [0.2, 0.25) is 0 Å². The van der Waals surface area contributed by atoms with E-state index in [0.29, 0.717) is 5.56 Å². The molecule has 1 aromatic heterocycles. The SMILES string of the molecule is COc1cn(-c2cccc(C(F)(F)F)c2)nc1C(=O)Nc1cc(S(C)(=O)=O)ccc1C. The smallest absolute Gasteiger partial charge is 0.416 e. The number of aryl methyl sites for hydroxylation is 1. The van der Waals surface area contributed by atoms with Crippen LogP contribution in [0.15, 0.2) is 53.6 Å². The van der Waals surface area contributed by atoms with Gasteiger partial charge < -0.3 is 10.1 Å². The van der Waals surface area contributed by atoms with Crippen LogP contribution in [0.1, 0.15) is 21.6 Å². The molecular weight excluding hydrogens is 435 g/mol. The van der Waals surface area contributed by atoms with E-state index in [1.54, 1.807) is 13.0 Å². The van der Waals surface area contributed by atoms with Crippen LogP contribution in [0.4, 0.5) is 18.9 Å². The Balaban J connectivity index is 1.96. The number of rotatable bonds is 5. The van der Waals surface area contributed by atoms with Crippen molar-refractivity contribution in [2.75, 3.05) is 18.7 Å². The number of sulfone groups is 1. The summed E-state index contributed by atoms with van der Waals surface area (Å²) in [5.41, 5.74) is -0.0918. The zero-order valence-electron chi connectivity index (χ0n) is 16.7. The summed E-state index contributed by atoms with van der Waals surface area (Å²) in [6.45, 7) is 1.68. The molecule has 1 N–H and O–H groups in total. The monoisotopic (exact) mass is 453 g/mol. The standard InChI is InChI=1S/C20H18F3N3O4S/c1-12-7-8-15(31(3,28)29)10-16(12)24-19(27)18-17(30-2)11-26(25-18)14-6-4-5-13(9-14)20(21,22)23/h4-11H,1-3H3,(H,24,27). The maximum atomic E-state index is 13.0. The second-order valence-corrected chi connectivity index (χ2v) is 8.76. The number of methoxy groups -OCH3 is 1. The van der Waals surface area contributed by atoms with E-state index < -0.39 is 27.5 Å². The first kappa shape index (κ1) is 22.3. The van der Waals surface area contributed by atoms with Crippen molar-refractivity contribution in [1.82, 2.24) is 9.78 Å². The van der Waals surface area contributed by atoms with Crippen molar-refractivity contribution < 1.29 is 31.1 Å². The van der Waals surface area contributed by atoms with Crippen molar-refractivity contribution in [3.8, 4) is 11.4 Å². The fraction of sp³-hybridized carbons (Fsp3) is 0.200. The quantitative estimate of drug-likeness (QED) is 0.634. The topological polar surface area (TPSA) is 90.3 Å². The molecule has 1 amide bonds. The van der Waals surface area contributed by atoms with Crippen LogP contribution in [-0.4, -0.2) is 37.5 Å². The van der Waals surface area contributed by atoms with Gasteiger partial charge in [0, 0.05) is 11.9 Å². The van der Waals surface area contributed by atoms with E-state index in [9.17, 15) is 26.4 Å². The summed E-state index contributed by atoms with van der Waals surface area (Å²) in [6, 6.07) is 8.74. The molecule has 0 aliphatic rings.